The van der Waals surface area contributed by atoms with E-state index in [-0.39, 0.29) is 11.7 Å². The van der Waals surface area contributed by atoms with Gasteiger partial charge in [-0.25, -0.2) is 0 Å². The van der Waals surface area contributed by atoms with Crippen molar-refractivity contribution in [2.24, 2.45) is 0 Å². The highest BCUT2D eigenvalue weighted by molar-refractivity contribution is 14.1. The van der Waals surface area contributed by atoms with Crippen LogP contribution >= 0.6 is 22.6 Å². The lowest BCUT2D eigenvalue weighted by Crippen LogP contribution is -2.35. The first-order chi connectivity index (χ1) is 10.6. The molecule has 0 saturated carbocycles. The van der Waals surface area contributed by atoms with E-state index in [1.807, 2.05) is 42.5 Å². The van der Waals surface area contributed by atoms with Gasteiger partial charge in [-0.1, -0.05) is 12.1 Å². The number of nitrogens with zero attached hydrogens (tertiary/aromatic N) is 1. The van der Waals surface area contributed by atoms with E-state index in [0.29, 0.717) is 17.7 Å². The zero-order chi connectivity index (χ0) is 15.7. The molecule has 1 heterocycles. The van der Waals surface area contributed by atoms with Crippen LogP contribution in [-0.2, 0) is 6.42 Å². The summed E-state index contributed by atoms with van der Waals surface area (Å²) in [5.41, 5.74) is 3.35. The van der Waals surface area contributed by atoms with Crippen LogP contribution in [0, 0.1) is 3.57 Å². The Kier molecular flexibility index (Phi) is 4.29. The second kappa shape index (κ2) is 6.20. The number of rotatable bonds is 2. The molecule has 4 heteroatoms. The molecule has 0 saturated heterocycles. The van der Waals surface area contributed by atoms with E-state index >= 15 is 0 Å². The predicted octanol–water partition coefficient (Wildman–Crippen LogP) is 4.09. The minimum absolute atomic E-state index is 0.00180. The summed E-state index contributed by atoms with van der Waals surface area (Å²) < 4.78 is 1.10. The van der Waals surface area contributed by atoms with Crippen LogP contribution in [0.4, 0.5) is 5.69 Å². The van der Waals surface area contributed by atoms with E-state index in [0.717, 1.165) is 27.7 Å². The molecule has 2 aromatic carbocycles. The molecule has 0 aromatic heterocycles. The maximum absolute atomic E-state index is 12.8. The fourth-order valence-electron chi connectivity index (χ4n) is 2.75. The Morgan fingerprint density at radius 1 is 1.05 bits per heavy atom. The largest absolute Gasteiger partial charge is 0.308 e. The van der Waals surface area contributed by atoms with Gasteiger partial charge in [-0.15, -0.1) is 0 Å². The van der Waals surface area contributed by atoms with Crippen LogP contribution in [0.25, 0.3) is 0 Å². The van der Waals surface area contributed by atoms with Crippen molar-refractivity contribution in [3.05, 3.63) is 62.7 Å². The topological polar surface area (TPSA) is 37.4 Å². The fourth-order valence-corrected chi connectivity index (χ4v) is 3.11. The Morgan fingerprint density at radius 3 is 2.41 bits per heavy atom. The first kappa shape index (κ1) is 15.2. The predicted molar refractivity (Wildman–Crippen MR) is 95.6 cm³/mol. The van der Waals surface area contributed by atoms with Crippen LogP contribution in [0.3, 0.4) is 0 Å². The van der Waals surface area contributed by atoms with Crippen molar-refractivity contribution in [1.29, 1.82) is 0 Å². The Labute approximate surface area is 143 Å². The molecule has 0 spiro atoms. The van der Waals surface area contributed by atoms with Crippen LogP contribution in [-0.4, -0.2) is 18.2 Å². The molecule has 0 unspecified atom stereocenters. The number of halogens is 1. The van der Waals surface area contributed by atoms with Crippen molar-refractivity contribution >= 4 is 40.0 Å². The number of benzene rings is 2. The summed E-state index contributed by atoms with van der Waals surface area (Å²) in [6.07, 6.45) is 1.90. The van der Waals surface area contributed by atoms with E-state index in [4.69, 9.17) is 0 Å². The minimum Gasteiger partial charge on any atom is -0.308 e. The average Bonchev–Trinajstić information content (AvgIpc) is 2.53. The van der Waals surface area contributed by atoms with E-state index in [1.165, 1.54) is 0 Å². The monoisotopic (exact) mass is 405 g/mol. The average molecular weight is 405 g/mol. The van der Waals surface area contributed by atoms with Crippen LogP contribution in [0.15, 0.2) is 42.5 Å². The third-order valence-electron chi connectivity index (χ3n) is 3.95. The van der Waals surface area contributed by atoms with Crippen LogP contribution in [0.5, 0.6) is 0 Å². The lowest BCUT2D eigenvalue weighted by molar-refractivity contribution is 0.0981. The summed E-state index contributed by atoms with van der Waals surface area (Å²) in [7, 11) is 0. The van der Waals surface area contributed by atoms with Crippen LogP contribution in [0.2, 0.25) is 0 Å². The first-order valence-electron chi connectivity index (χ1n) is 7.27. The molecule has 22 heavy (non-hydrogen) atoms. The molecular formula is C18H16INO2. The number of hydrogen-bond donors (Lipinski definition) is 0. The number of fused-ring (bicyclic) bond motifs is 1. The van der Waals surface area contributed by atoms with Crippen molar-refractivity contribution in [3.8, 4) is 0 Å². The summed E-state index contributed by atoms with van der Waals surface area (Å²) in [5.74, 6) is 0.0214. The molecule has 0 atom stereocenters. The first-order valence-corrected chi connectivity index (χ1v) is 8.35. The van der Waals surface area contributed by atoms with Crippen LogP contribution < -0.4 is 4.90 Å². The highest BCUT2D eigenvalue weighted by Crippen LogP contribution is 2.29. The summed E-state index contributed by atoms with van der Waals surface area (Å²) in [5, 5.41) is 0. The second-order valence-corrected chi connectivity index (χ2v) is 6.71. The maximum Gasteiger partial charge on any atom is 0.258 e. The normalized spacial score (nSPS) is 13.6. The molecule has 0 fully saturated rings. The highest BCUT2D eigenvalue weighted by Gasteiger charge is 2.24. The number of anilines is 1. The van der Waals surface area contributed by atoms with Crippen LogP contribution in [0.1, 0.15) is 39.6 Å². The molecule has 1 amide bonds. The summed E-state index contributed by atoms with van der Waals surface area (Å²) in [6.45, 7) is 2.25. The van der Waals surface area contributed by atoms with Crippen molar-refractivity contribution in [2.45, 2.75) is 19.8 Å². The molecule has 0 aliphatic carbocycles. The number of Topliss-reactive ketones (excluding diaryl/α,β-unsaturated/α-hetero) is 1. The maximum atomic E-state index is 12.8. The van der Waals surface area contributed by atoms with Gasteiger partial charge in [0.15, 0.2) is 5.78 Å². The Balaban J connectivity index is 1.99. The van der Waals surface area contributed by atoms with Gasteiger partial charge >= 0.3 is 0 Å². The van der Waals surface area contributed by atoms with Gasteiger partial charge < -0.3 is 4.90 Å². The number of aryl methyl sites for hydroxylation is 1. The van der Waals surface area contributed by atoms with Crippen molar-refractivity contribution < 1.29 is 9.59 Å². The lowest BCUT2D eigenvalue weighted by atomic mass is 9.97. The van der Waals surface area contributed by atoms with Gasteiger partial charge in [0.1, 0.15) is 0 Å². The van der Waals surface area contributed by atoms with Gasteiger partial charge in [0.05, 0.1) is 0 Å². The Bertz CT molecular complexity index is 737. The van der Waals surface area contributed by atoms with Crippen molar-refractivity contribution in [1.82, 2.24) is 0 Å². The number of carbonyl (C=O) groups excluding carboxylic acids is 2. The standard InChI is InChI=1S/C18H16INO2/c1-12(21)15-5-4-13-3-2-10-20(17(13)11-15)18(22)14-6-8-16(19)9-7-14/h4-9,11H,2-3,10H2,1H3. The minimum atomic E-state index is -0.00180. The third kappa shape index (κ3) is 2.92. The van der Waals surface area contributed by atoms with E-state index < -0.39 is 0 Å². The second-order valence-electron chi connectivity index (χ2n) is 5.47. The molecule has 0 N–H and O–H groups in total. The Morgan fingerprint density at radius 2 is 1.73 bits per heavy atom. The fraction of sp³-hybridized carbons (Fsp3) is 0.222. The van der Waals surface area contributed by atoms with Gasteiger partial charge in [-0.2, -0.15) is 0 Å². The Hall–Kier alpha value is -1.69. The molecular weight excluding hydrogens is 389 g/mol. The van der Waals surface area contributed by atoms with E-state index in [1.54, 1.807) is 11.8 Å². The molecule has 1 aliphatic heterocycles. The summed E-state index contributed by atoms with van der Waals surface area (Å²) in [4.78, 5) is 26.2. The van der Waals surface area contributed by atoms with E-state index in [9.17, 15) is 9.59 Å². The van der Waals surface area contributed by atoms with Gasteiger partial charge in [-0.05, 0) is 78.3 Å². The molecule has 3 nitrogen and oxygen atoms in total. The van der Waals surface area contributed by atoms with Crippen molar-refractivity contribution in [3.63, 3.8) is 0 Å². The number of hydrogen-bond acceptors (Lipinski definition) is 2. The number of ketones is 1. The quantitative estimate of drug-likeness (QED) is 0.558. The highest BCUT2D eigenvalue weighted by atomic mass is 127. The molecule has 0 bridgehead atoms. The third-order valence-corrected chi connectivity index (χ3v) is 4.67. The summed E-state index contributed by atoms with van der Waals surface area (Å²) >= 11 is 2.22. The molecule has 112 valence electrons. The van der Waals surface area contributed by atoms with Gasteiger partial charge in [0.2, 0.25) is 0 Å². The number of amides is 1. The molecule has 2 aromatic rings. The van der Waals surface area contributed by atoms with E-state index in [2.05, 4.69) is 22.6 Å². The smallest absolute Gasteiger partial charge is 0.258 e. The van der Waals surface area contributed by atoms with Crippen molar-refractivity contribution in [2.75, 3.05) is 11.4 Å². The number of carbonyl (C=O) groups is 2. The van der Waals surface area contributed by atoms with Gasteiger partial charge in [-0.3, -0.25) is 9.59 Å². The SMILES string of the molecule is CC(=O)c1ccc2c(c1)N(C(=O)c1ccc(I)cc1)CCC2. The lowest BCUT2D eigenvalue weighted by Gasteiger charge is -2.30. The van der Waals surface area contributed by atoms with Gasteiger partial charge in [0.25, 0.3) is 5.91 Å². The van der Waals surface area contributed by atoms with Gasteiger partial charge in [0, 0.05) is 26.9 Å². The zero-order valence-electron chi connectivity index (χ0n) is 12.3. The molecule has 3 rings (SSSR count). The molecule has 1 aliphatic rings. The summed E-state index contributed by atoms with van der Waals surface area (Å²) in [6, 6.07) is 13.2. The molecule has 0 radical (unpaired) electrons. The zero-order valence-corrected chi connectivity index (χ0v) is 14.5.